The van der Waals surface area contributed by atoms with Crippen LogP contribution in [0.4, 0.5) is 0 Å². The van der Waals surface area contributed by atoms with E-state index in [0.717, 1.165) is 19.3 Å². The highest BCUT2D eigenvalue weighted by molar-refractivity contribution is 7.89. The molecule has 4 nitrogen and oxygen atoms in total. The van der Waals surface area contributed by atoms with Gasteiger partial charge < -0.3 is 0 Å². The van der Waals surface area contributed by atoms with Crippen LogP contribution in [0.1, 0.15) is 44.2 Å². The molecule has 0 spiro atoms. The van der Waals surface area contributed by atoms with Crippen molar-refractivity contribution in [3.8, 4) is 6.07 Å². The summed E-state index contributed by atoms with van der Waals surface area (Å²) in [6.07, 6.45) is 3.07. The third kappa shape index (κ3) is 3.28. The largest absolute Gasteiger partial charge is 0.240 e. The fourth-order valence-corrected chi connectivity index (χ4v) is 4.63. The summed E-state index contributed by atoms with van der Waals surface area (Å²) in [5.41, 5.74) is 1.19. The Morgan fingerprint density at radius 2 is 2.10 bits per heavy atom. The predicted octanol–water partition coefficient (Wildman–Crippen LogP) is 2.97. The second-order valence-corrected chi connectivity index (χ2v) is 7.64. The van der Waals surface area contributed by atoms with Crippen molar-refractivity contribution < 1.29 is 8.42 Å². The Kier molecular flexibility index (Phi) is 4.70. The predicted molar refractivity (Wildman–Crippen MR) is 82.2 cm³/mol. The molecule has 0 radical (unpaired) electrons. The van der Waals surface area contributed by atoms with Gasteiger partial charge in [0.15, 0.2) is 0 Å². The van der Waals surface area contributed by atoms with Crippen molar-refractivity contribution in [1.82, 2.24) is 4.72 Å². The molecule has 1 aromatic rings. The minimum Gasteiger partial charge on any atom is -0.208 e. The van der Waals surface area contributed by atoms with Gasteiger partial charge in [0.25, 0.3) is 0 Å². The van der Waals surface area contributed by atoms with Crippen LogP contribution in [-0.2, 0) is 10.0 Å². The number of hydrogen-bond acceptors (Lipinski definition) is 3. The summed E-state index contributed by atoms with van der Waals surface area (Å²) in [5.74, 6) is 0.963. The van der Waals surface area contributed by atoms with Crippen molar-refractivity contribution in [2.45, 2.75) is 51.0 Å². The quantitative estimate of drug-likeness (QED) is 0.929. The lowest BCUT2D eigenvalue weighted by molar-refractivity contribution is 0.368. The molecule has 21 heavy (non-hydrogen) atoms. The van der Waals surface area contributed by atoms with E-state index in [-0.39, 0.29) is 10.9 Å². The number of rotatable bonds is 4. The lowest BCUT2D eigenvalue weighted by atomic mass is 9.94. The molecular weight excluding hydrogens is 284 g/mol. The van der Waals surface area contributed by atoms with Crippen LogP contribution >= 0.6 is 0 Å². The fraction of sp³-hybridized carbons (Fsp3) is 0.562. The van der Waals surface area contributed by atoms with Gasteiger partial charge in [0.1, 0.15) is 0 Å². The van der Waals surface area contributed by atoms with E-state index in [1.54, 1.807) is 19.1 Å². The Morgan fingerprint density at radius 3 is 2.62 bits per heavy atom. The number of benzene rings is 1. The number of nitrogens with one attached hydrogen (secondary N) is 1. The number of hydrogen-bond donors (Lipinski definition) is 1. The highest BCUT2D eigenvalue weighted by Crippen LogP contribution is 2.34. The third-order valence-electron chi connectivity index (χ3n) is 4.69. The summed E-state index contributed by atoms with van der Waals surface area (Å²) in [5, 5.41) is 8.92. The molecule has 1 saturated carbocycles. The lowest BCUT2D eigenvalue weighted by Gasteiger charge is -2.21. The molecule has 1 aromatic carbocycles. The Balaban J connectivity index is 2.20. The topological polar surface area (TPSA) is 70.0 Å². The average Bonchev–Trinajstić information content (AvgIpc) is 2.79. The van der Waals surface area contributed by atoms with Crippen molar-refractivity contribution in [3.63, 3.8) is 0 Å². The Hall–Kier alpha value is -1.38. The van der Waals surface area contributed by atoms with Gasteiger partial charge >= 0.3 is 0 Å². The molecule has 114 valence electrons. The SMILES string of the molecule is CCC1CCC(NS(=O)(=O)c2ccc(C#N)c(C)c2)C1C. The van der Waals surface area contributed by atoms with Crippen LogP contribution in [0.5, 0.6) is 0 Å². The number of nitrogens with zero attached hydrogens (tertiary/aromatic N) is 1. The maximum atomic E-state index is 12.5. The van der Waals surface area contributed by atoms with Gasteiger partial charge in [-0.05, 0) is 55.4 Å². The van der Waals surface area contributed by atoms with E-state index in [2.05, 4.69) is 24.6 Å². The van der Waals surface area contributed by atoms with Crippen LogP contribution in [-0.4, -0.2) is 14.5 Å². The van der Waals surface area contributed by atoms with Gasteiger partial charge in [0, 0.05) is 6.04 Å². The molecule has 3 atom stereocenters. The molecule has 5 heteroatoms. The highest BCUT2D eigenvalue weighted by Gasteiger charge is 2.34. The number of nitriles is 1. The molecule has 0 amide bonds. The van der Waals surface area contributed by atoms with Crippen LogP contribution in [0.25, 0.3) is 0 Å². The first-order chi connectivity index (χ1) is 9.89. The second kappa shape index (κ2) is 6.17. The van der Waals surface area contributed by atoms with E-state index in [9.17, 15) is 8.42 Å². The first-order valence-electron chi connectivity index (χ1n) is 7.42. The Bertz CT molecular complexity index is 661. The molecule has 3 unspecified atom stereocenters. The molecule has 1 aliphatic rings. The summed E-state index contributed by atoms with van der Waals surface area (Å²) in [7, 11) is -3.52. The zero-order valence-electron chi connectivity index (χ0n) is 12.8. The van der Waals surface area contributed by atoms with E-state index in [4.69, 9.17) is 5.26 Å². The van der Waals surface area contributed by atoms with E-state index in [1.807, 2.05) is 0 Å². The first kappa shape index (κ1) is 16.0. The monoisotopic (exact) mass is 306 g/mol. The van der Waals surface area contributed by atoms with E-state index >= 15 is 0 Å². The number of sulfonamides is 1. The zero-order chi connectivity index (χ0) is 15.6. The van der Waals surface area contributed by atoms with Crippen LogP contribution in [0.2, 0.25) is 0 Å². The van der Waals surface area contributed by atoms with Crippen LogP contribution in [0.15, 0.2) is 23.1 Å². The summed E-state index contributed by atoms with van der Waals surface area (Å²) >= 11 is 0. The van der Waals surface area contributed by atoms with Gasteiger partial charge in [-0.15, -0.1) is 0 Å². The van der Waals surface area contributed by atoms with Gasteiger partial charge in [0.2, 0.25) is 10.0 Å². The summed E-state index contributed by atoms with van der Waals surface area (Å²) in [6.45, 7) is 6.03. The van der Waals surface area contributed by atoms with Crippen molar-refractivity contribution in [1.29, 1.82) is 5.26 Å². The second-order valence-electron chi connectivity index (χ2n) is 5.92. The van der Waals surface area contributed by atoms with Crippen molar-refractivity contribution in [3.05, 3.63) is 29.3 Å². The van der Waals surface area contributed by atoms with Crippen LogP contribution in [0, 0.1) is 30.1 Å². The van der Waals surface area contributed by atoms with Gasteiger partial charge in [-0.2, -0.15) is 5.26 Å². The summed E-state index contributed by atoms with van der Waals surface area (Å²) in [4.78, 5) is 0.242. The van der Waals surface area contributed by atoms with Gasteiger partial charge in [-0.25, -0.2) is 13.1 Å². The minimum absolute atomic E-state index is 0.0101. The Morgan fingerprint density at radius 1 is 1.38 bits per heavy atom. The normalized spacial score (nSPS) is 25.7. The van der Waals surface area contributed by atoms with E-state index in [0.29, 0.717) is 23.0 Å². The molecule has 1 N–H and O–H groups in total. The van der Waals surface area contributed by atoms with E-state index < -0.39 is 10.0 Å². The third-order valence-corrected chi connectivity index (χ3v) is 6.17. The average molecular weight is 306 g/mol. The molecule has 2 rings (SSSR count). The van der Waals surface area contributed by atoms with E-state index in [1.165, 1.54) is 6.07 Å². The smallest absolute Gasteiger partial charge is 0.208 e. The van der Waals surface area contributed by atoms with Gasteiger partial charge in [-0.3, -0.25) is 0 Å². The zero-order valence-corrected chi connectivity index (χ0v) is 13.6. The molecular formula is C16H22N2O2S. The van der Waals surface area contributed by atoms with Crippen molar-refractivity contribution >= 4 is 10.0 Å². The molecule has 0 aliphatic heterocycles. The van der Waals surface area contributed by atoms with Crippen molar-refractivity contribution in [2.75, 3.05) is 0 Å². The molecule has 0 saturated heterocycles. The first-order valence-corrected chi connectivity index (χ1v) is 8.90. The van der Waals surface area contributed by atoms with Gasteiger partial charge in [-0.1, -0.05) is 20.3 Å². The molecule has 0 heterocycles. The fourth-order valence-electron chi connectivity index (χ4n) is 3.19. The van der Waals surface area contributed by atoms with Crippen LogP contribution < -0.4 is 4.72 Å². The highest BCUT2D eigenvalue weighted by atomic mass is 32.2. The van der Waals surface area contributed by atoms with Crippen molar-refractivity contribution in [2.24, 2.45) is 11.8 Å². The number of aryl methyl sites for hydroxylation is 1. The van der Waals surface area contributed by atoms with Gasteiger partial charge in [0.05, 0.1) is 16.5 Å². The maximum absolute atomic E-state index is 12.5. The van der Waals surface area contributed by atoms with Crippen LogP contribution in [0.3, 0.4) is 0 Å². The maximum Gasteiger partial charge on any atom is 0.240 e. The summed E-state index contributed by atoms with van der Waals surface area (Å²) < 4.78 is 27.8. The summed E-state index contributed by atoms with van der Waals surface area (Å²) in [6, 6.07) is 6.70. The minimum atomic E-state index is -3.52. The Labute approximate surface area is 127 Å². The standard InChI is InChI=1S/C16H22N2O2S/c1-4-13-6-8-16(12(13)3)18-21(19,20)15-7-5-14(10-17)11(2)9-15/h5,7,9,12-13,16,18H,4,6,8H2,1-3H3. The molecule has 0 aromatic heterocycles. The molecule has 1 aliphatic carbocycles. The molecule has 1 fully saturated rings. The molecule has 0 bridgehead atoms. The lowest BCUT2D eigenvalue weighted by Crippen LogP contribution is -2.37.